The molecule has 342 valence electrons. The van der Waals surface area contributed by atoms with Crippen LogP contribution in [0.25, 0.3) is 0 Å². The number of benzene rings is 1. The first-order chi connectivity index (χ1) is 29.2. The average molecular weight is 880 g/mol. The summed E-state index contributed by atoms with van der Waals surface area (Å²) in [6.45, 7) is 15.8. The minimum absolute atomic E-state index is 0.0504. The van der Waals surface area contributed by atoms with Crippen molar-refractivity contribution in [2.75, 3.05) is 39.0 Å². The van der Waals surface area contributed by atoms with Crippen LogP contribution in [0.3, 0.4) is 0 Å². The molecule has 16 heteroatoms. The second kappa shape index (κ2) is 16.7. The number of fused-ring (bicyclic) bond motifs is 1. The molecule has 6 atom stereocenters. The van der Waals surface area contributed by atoms with E-state index in [2.05, 4.69) is 51.3 Å². The van der Waals surface area contributed by atoms with Crippen LogP contribution in [0.2, 0.25) is 0 Å². The van der Waals surface area contributed by atoms with Gasteiger partial charge in [-0.2, -0.15) is 0 Å². The van der Waals surface area contributed by atoms with Gasteiger partial charge in [-0.1, -0.05) is 78.5 Å². The number of ether oxygens (including phenoxy) is 1. The van der Waals surface area contributed by atoms with Crippen LogP contribution in [0.1, 0.15) is 112 Å². The lowest BCUT2D eigenvalue weighted by Gasteiger charge is -2.38. The molecule has 2 spiro atoms. The van der Waals surface area contributed by atoms with E-state index in [1.165, 1.54) is 12.1 Å². The number of hydrogen-bond donors (Lipinski definition) is 5. The molecule has 5 amide bonds. The molecule has 2 saturated heterocycles. The first-order valence-electron chi connectivity index (χ1n) is 22.7. The van der Waals surface area contributed by atoms with Gasteiger partial charge in [0.1, 0.15) is 34.7 Å². The summed E-state index contributed by atoms with van der Waals surface area (Å²) in [5, 5.41) is 11.8. The van der Waals surface area contributed by atoms with Crippen LogP contribution in [0, 0.1) is 33.5 Å². The van der Waals surface area contributed by atoms with E-state index in [0.29, 0.717) is 31.5 Å². The van der Waals surface area contributed by atoms with Crippen LogP contribution >= 0.6 is 0 Å². The third-order valence-corrected chi connectivity index (χ3v) is 17.5. The number of piperidine rings is 1. The molecule has 4 aliphatic carbocycles. The smallest absolute Gasteiger partial charge is 0.408 e. The monoisotopic (exact) mass is 879 g/mol. The van der Waals surface area contributed by atoms with Gasteiger partial charge in [-0.3, -0.25) is 19.2 Å². The number of para-hydroxylation sites is 1. The standard InChI is InChI=1S/C46H69N7O8S/c1-9-30-26-46(30,40(57)51-62(59,60)34-19-14-13-18-32(34)47-7)50-37(54)33-27-45(43(5,6)44(45)22-15-23-44)28-53(33)39(56)36(42(2,3)4)49-38(55)35(29-16-11-10-12-17-29)48-41(58)61-31-20-24-52(8)25-21-31/h9,13-14,18-19,29-31,33,35-36,47H,1,10-12,15-17,20-28H2,2-8H3,(H,48,58)(H,49,55)(H,50,54)(H,51,57)/t30-,33+,35+,36-,45-,46-/m1/s1. The van der Waals surface area contributed by atoms with E-state index in [-0.39, 0.29) is 39.6 Å². The molecule has 0 radical (unpaired) electrons. The number of rotatable bonds is 13. The van der Waals surface area contributed by atoms with Crippen molar-refractivity contribution >= 4 is 45.4 Å². The maximum absolute atomic E-state index is 15.3. The summed E-state index contributed by atoms with van der Waals surface area (Å²) in [5.41, 5.74) is -2.71. The number of sulfonamides is 1. The van der Waals surface area contributed by atoms with Crippen LogP contribution < -0.4 is 26.0 Å². The van der Waals surface area contributed by atoms with Crippen molar-refractivity contribution in [3.05, 3.63) is 36.9 Å². The molecule has 0 unspecified atom stereocenters. The van der Waals surface area contributed by atoms with Crippen LogP contribution in [0.15, 0.2) is 41.8 Å². The Morgan fingerprint density at radius 2 is 1.58 bits per heavy atom. The van der Waals surface area contributed by atoms with Gasteiger partial charge in [0.2, 0.25) is 17.7 Å². The zero-order valence-corrected chi connectivity index (χ0v) is 38.5. The Morgan fingerprint density at radius 3 is 2.15 bits per heavy atom. The summed E-state index contributed by atoms with van der Waals surface area (Å²) in [5.74, 6) is -3.02. The number of nitrogens with zero attached hydrogens (tertiary/aromatic N) is 2. The van der Waals surface area contributed by atoms with E-state index in [9.17, 15) is 27.6 Å². The van der Waals surface area contributed by atoms with Gasteiger partial charge in [0.25, 0.3) is 15.9 Å². The number of carbonyl (C=O) groups is 5. The van der Waals surface area contributed by atoms with Crippen molar-refractivity contribution in [3.8, 4) is 0 Å². The van der Waals surface area contributed by atoms with Gasteiger partial charge in [-0.05, 0) is 92.7 Å². The Hall–Kier alpha value is -4.18. The van der Waals surface area contributed by atoms with Gasteiger partial charge < -0.3 is 35.8 Å². The average Bonchev–Trinajstić information content (AvgIpc) is 3.94. The van der Waals surface area contributed by atoms with Crippen molar-refractivity contribution < 1.29 is 37.1 Å². The fourth-order valence-corrected chi connectivity index (χ4v) is 13.2. The first-order valence-corrected chi connectivity index (χ1v) is 24.2. The highest BCUT2D eigenvalue weighted by Gasteiger charge is 2.85. The van der Waals surface area contributed by atoms with Gasteiger partial charge in [-0.25, -0.2) is 17.9 Å². The molecule has 62 heavy (non-hydrogen) atoms. The number of alkyl carbamates (subject to hydrolysis) is 1. The summed E-state index contributed by atoms with van der Waals surface area (Å²) in [4.78, 5) is 75.8. The van der Waals surface area contributed by atoms with Gasteiger partial charge in [-0.15, -0.1) is 6.58 Å². The van der Waals surface area contributed by atoms with Crippen molar-refractivity contribution in [1.82, 2.24) is 30.5 Å². The van der Waals surface area contributed by atoms with Crippen molar-refractivity contribution in [2.45, 2.75) is 146 Å². The Bertz CT molecular complexity index is 2050. The van der Waals surface area contributed by atoms with E-state index in [1.54, 1.807) is 30.1 Å². The number of amides is 5. The fraction of sp³-hybridized carbons (Fsp3) is 0.717. The number of anilines is 1. The molecule has 0 bridgehead atoms. The van der Waals surface area contributed by atoms with Crippen LogP contribution in [0.5, 0.6) is 0 Å². The van der Waals surface area contributed by atoms with Gasteiger partial charge in [0, 0.05) is 38.0 Å². The van der Waals surface area contributed by atoms with E-state index in [1.807, 2.05) is 27.8 Å². The van der Waals surface area contributed by atoms with E-state index in [0.717, 1.165) is 64.5 Å². The van der Waals surface area contributed by atoms with Gasteiger partial charge in [0.05, 0.1) is 5.69 Å². The summed E-state index contributed by atoms with van der Waals surface area (Å²) < 4.78 is 35.2. The second-order valence-corrected chi connectivity index (χ2v) is 22.4. The molecular formula is C46H69N7O8S. The minimum atomic E-state index is -4.35. The molecule has 2 aliphatic heterocycles. The highest BCUT2D eigenvalue weighted by Crippen LogP contribution is 2.88. The van der Waals surface area contributed by atoms with E-state index in [4.69, 9.17) is 4.74 Å². The molecule has 6 aliphatic rings. The lowest BCUT2D eigenvalue weighted by molar-refractivity contribution is -0.145. The molecule has 6 fully saturated rings. The van der Waals surface area contributed by atoms with E-state index >= 15 is 4.79 Å². The predicted octanol–water partition coefficient (Wildman–Crippen LogP) is 4.69. The maximum atomic E-state index is 15.3. The largest absolute Gasteiger partial charge is 0.446 e. The molecule has 5 N–H and O–H groups in total. The molecular weight excluding hydrogens is 811 g/mol. The topological polar surface area (TPSA) is 195 Å². The summed E-state index contributed by atoms with van der Waals surface area (Å²) >= 11 is 0. The third-order valence-electron chi connectivity index (χ3n) is 16.1. The molecule has 4 saturated carbocycles. The zero-order chi connectivity index (χ0) is 45.0. The normalized spacial score (nSPS) is 29.1. The Morgan fingerprint density at radius 1 is 0.919 bits per heavy atom. The number of hydrogen-bond acceptors (Lipinski definition) is 10. The predicted molar refractivity (Wildman–Crippen MR) is 235 cm³/mol. The molecule has 0 aromatic heterocycles. The molecule has 2 heterocycles. The zero-order valence-electron chi connectivity index (χ0n) is 37.7. The fourth-order valence-electron chi connectivity index (χ4n) is 11.9. The quantitative estimate of drug-likeness (QED) is 0.174. The molecule has 1 aromatic rings. The number of carbonyl (C=O) groups excluding carboxylic acids is 5. The van der Waals surface area contributed by atoms with Crippen molar-refractivity contribution in [2.24, 2.45) is 33.5 Å². The SMILES string of the molecule is C=C[C@@H]1C[C@]1(NC(=O)[C@@H]1C[C@@]2(CN1C(=O)[C@@H](NC(=O)[C@@H](NC(=O)OC1CCN(C)CC1)C1CCCCC1)C(C)(C)C)C(C)(C)C21CCC1)C(=O)NS(=O)(=O)c1ccccc1NC. The molecule has 1 aromatic carbocycles. The van der Waals surface area contributed by atoms with Crippen LogP contribution in [-0.4, -0.2) is 111 Å². The van der Waals surface area contributed by atoms with Crippen LogP contribution in [-0.2, 0) is 33.9 Å². The second-order valence-electron chi connectivity index (χ2n) is 20.8. The lowest BCUT2D eigenvalue weighted by Crippen LogP contribution is -2.62. The Kier molecular flexibility index (Phi) is 12.4. The van der Waals surface area contributed by atoms with Crippen LogP contribution in [0.4, 0.5) is 10.5 Å². The van der Waals surface area contributed by atoms with Crippen molar-refractivity contribution in [1.29, 1.82) is 0 Å². The lowest BCUT2D eigenvalue weighted by atomic mass is 9.73. The number of nitrogens with one attached hydrogen (secondary N) is 5. The highest BCUT2D eigenvalue weighted by atomic mass is 32.2. The first kappa shape index (κ1) is 45.8. The van der Waals surface area contributed by atoms with Crippen molar-refractivity contribution in [3.63, 3.8) is 0 Å². The Balaban J connectivity index is 1.14. The summed E-state index contributed by atoms with van der Waals surface area (Å²) in [6, 6.07) is 3.21. The number of likely N-dealkylation sites (tertiary alicyclic amines) is 2. The van der Waals surface area contributed by atoms with Gasteiger partial charge in [0.15, 0.2) is 0 Å². The minimum Gasteiger partial charge on any atom is -0.446 e. The summed E-state index contributed by atoms with van der Waals surface area (Å²) in [6.07, 6.45) is 9.97. The Labute approximate surface area is 367 Å². The third kappa shape index (κ3) is 8.00. The summed E-state index contributed by atoms with van der Waals surface area (Å²) in [7, 11) is -0.739. The van der Waals surface area contributed by atoms with Gasteiger partial charge >= 0.3 is 6.09 Å². The highest BCUT2D eigenvalue weighted by molar-refractivity contribution is 7.90. The maximum Gasteiger partial charge on any atom is 0.408 e. The molecule has 7 rings (SSSR count). The molecule has 15 nitrogen and oxygen atoms in total. The van der Waals surface area contributed by atoms with E-state index < -0.39 is 74.7 Å².